The molecule has 204 valence electrons. The fourth-order valence-corrected chi connectivity index (χ4v) is 3.91. The van der Waals surface area contributed by atoms with Crippen LogP contribution in [0.5, 0.6) is 11.5 Å². The van der Waals surface area contributed by atoms with Crippen molar-refractivity contribution in [2.24, 2.45) is 5.92 Å². The monoisotopic (exact) mass is 533 g/mol. The Hall–Kier alpha value is -4.53. The molecule has 39 heavy (non-hydrogen) atoms. The zero-order valence-corrected chi connectivity index (χ0v) is 22.0. The smallest absolute Gasteiger partial charge is 0.408 e. The number of ether oxygens (including phenoxy) is 5. The number of amides is 1. The van der Waals surface area contributed by atoms with Crippen LogP contribution in [0, 0.1) is 5.92 Å². The highest BCUT2D eigenvalue weighted by molar-refractivity contribution is 5.96. The number of benzene rings is 3. The first-order chi connectivity index (χ1) is 18.7. The van der Waals surface area contributed by atoms with Crippen LogP contribution in [0.15, 0.2) is 78.9 Å². The van der Waals surface area contributed by atoms with E-state index in [9.17, 15) is 14.4 Å². The summed E-state index contributed by atoms with van der Waals surface area (Å²) in [4.78, 5) is 39.9. The van der Waals surface area contributed by atoms with E-state index in [-0.39, 0.29) is 20.0 Å². The minimum atomic E-state index is -1.55. The van der Waals surface area contributed by atoms with E-state index in [4.69, 9.17) is 23.7 Å². The van der Waals surface area contributed by atoms with Gasteiger partial charge in [0, 0.05) is 0 Å². The predicted octanol–water partition coefficient (Wildman–Crippen LogP) is 5.08. The maximum absolute atomic E-state index is 13.5. The molecule has 0 bridgehead atoms. The molecular weight excluding hydrogens is 502 g/mol. The maximum atomic E-state index is 13.5. The Morgan fingerprint density at radius 1 is 0.795 bits per heavy atom. The third-order valence-corrected chi connectivity index (χ3v) is 5.72. The van der Waals surface area contributed by atoms with Gasteiger partial charge in [-0.1, -0.05) is 66.7 Å². The fourth-order valence-electron chi connectivity index (χ4n) is 3.91. The molecule has 1 aliphatic heterocycles. The second-order valence-corrected chi connectivity index (χ2v) is 9.90. The summed E-state index contributed by atoms with van der Waals surface area (Å²) < 4.78 is 27.4. The normalized spacial score (nSPS) is 12.9. The van der Waals surface area contributed by atoms with E-state index >= 15 is 0 Å². The largest absolute Gasteiger partial charge is 0.460 e. The molecule has 0 spiro atoms. The van der Waals surface area contributed by atoms with Crippen molar-refractivity contribution in [2.75, 3.05) is 6.79 Å². The van der Waals surface area contributed by atoms with E-state index in [1.807, 2.05) is 36.4 Å². The van der Waals surface area contributed by atoms with Gasteiger partial charge < -0.3 is 29.0 Å². The Labute approximate surface area is 227 Å². The molecule has 1 amide bonds. The third kappa shape index (κ3) is 7.73. The molecule has 0 aliphatic carbocycles. The number of nitrogens with one attached hydrogen (secondary N) is 1. The number of hydrogen-bond acceptors (Lipinski definition) is 8. The van der Waals surface area contributed by atoms with Gasteiger partial charge in [-0.3, -0.25) is 9.59 Å². The van der Waals surface area contributed by atoms with Gasteiger partial charge in [-0.25, -0.2) is 4.79 Å². The summed E-state index contributed by atoms with van der Waals surface area (Å²) in [5, 5.41) is 2.68. The Balaban J connectivity index is 1.65. The third-order valence-electron chi connectivity index (χ3n) is 5.72. The molecule has 1 N–H and O–H groups in total. The lowest BCUT2D eigenvalue weighted by molar-refractivity contribution is -0.165. The van der Waals surface area contributed by atoms with Gasteiger partial charge in [0.1, 0.15) is 18.8 Å². The van der Waals surface area contributed by atoms with Gasteiger partial charge in [0.05, 0.1) is 6.04 Å². The van der Waals surface area contributed by atoms with Gasteiger partial charge in [-0.2, -0.15) is 0 Å². The van der Waals surface area contributed by atoms with Crippen LogP contribution in [-0.4, -0.2) is 30.4 Å². The molecule has 9 nitrogen and oxygen atoms in total. The molecule has 4 rings (SSSR count). The van der Waals surface area contributed by atoms with Crippen molar-refractivity contribution < 1.29 is 38.1 Å². The lowest BCUT2D eigenvalue weighted by Crippen LogP contribution is -2.43. The van der Waals surface area contributed by atoms with Crippen LogP contribution in [0.25, 0.3) is 0 Å². The molecule has 0 saturated heterocycles. The van der Waals surface area contributed by atoms with Gasteiger partial charge in [0.25, 0.3) is 0 Å². The molecule has 0 unspecified atom stereocenters. The van der Waals surface area contributed by atoms with Crippen molar-refractivity contribution in [3.8, 4) is 11.5 Å². The Kier molecular flexibility index (Phi) is 8.70. The van der Waals surface area contributed by atoms with Gasteiger partial charge in [0.15, 0.2) is 17.4 Å². The van der Waals surface area contributed by atoms with E-state index in [0.717, 1.165) is 11.1 Å². The summed E-state index contributed by atoms with van der Waals surface area (Å²) in [7, 11) is 0. The molecule has 1 atom stereocenters. The van der Waals surface area contributed by atoms with E-state index in [0.29, 0.717) is 17.1 Å². The molecule has 3 aromatic carbocycles. The Bertz CT molecular complexity index is 1230. The van der Waals surface area contributed by atoms with Crippen LogP contribution in [0.4, 0.5) is 4.79 Å². The Morgan fingerprint density at radius 3 is 1.87 bits per heavy atom. The predicted molar refractivity (Wildman–Crippen MR) is 141 cm³/mol. The minimum Gasteiger partial charge on any atom is -0.460 e. The summed E-state index contributed by atoms with van der Waals surface area (Å²) in [6.07, 6.45) is -0.818. The van der Waals surface area contributed by atoms with Crippen LogP contribution in [0.3, 0.4) is 0 Å². The van der Waals surface area contributed by atoms with E-state index < -0.39 is 35.6 Å². The number of hydrogen-bond donors (Lipinski definition) is 1. The van der Waals surface area contributed by atoms with E-state index in [1.165, 1.54) is 0 Å². The average molecular weight is 534 g/mol. The maximum Gasteiger partial charge on any atom is 0.408 e. The summed E-state index contributed by atoms with van der Waals surface area (Å²) in [5.41, 5.74) is 1.06. The highest BCUT2D eigenvalue weighted by atomic mass is 16.7. The standard InChI is InChI=1S/C30H31NO8/c1-30(2,3)39-29(34)31-26(22-14-15-23-24(16-22)38-19-37-23)25(27(32)35-17-20-10-6-4-7-11-20)28(33)36-18-21-12-8-5-9-13-21/h4-16,25-26H,17-19H2,1-3H3,(H,31,34)/t26-/m0/s1. The molecule has 9 heteroatoms. The summed E-state index contributed by atoms with van der Waals surface area (Å²) in [6.45, 7) is 5.03. The number of alkyl carbamates (subject to hydrolysis) is 1. The van der Waals surface area contributed by atoms with Crippen molar-refractivity contribution in [3.63, 3.8) is 0 Å². The molecule has 0 fully saturated rings. The topological polar surface area (TPSA) is 109 Å². The number of esters is 2. The van der Waals surface area contributed by atoms with E-state index in [1.54, 1.807) is 63.2 Å². The quantitative estimate of drug-likeness (QED) is 0.230. The lowest BCUT2D eigenvalue weighted by atomic mass is 9.92. The molecule has 0 aromatic heterocycles. The molecule has 1 aliphatic rings. The fraction of sp³-hybridized carbons (Fsp3) is 0.300. The van der Waals surface area contributed by atoms with Crippen molar-refractivity contribution in [1.82, 2.24) is 5.32 Å². The van der Waals surface area contributed by atoms with Crippen LogP contribution < -0.4 is 14.8 Å². The van der Waals surface area contributed by atoms with Crippen molar-refractivity contribution >= 4 is 18.0 Å². The molecular formula is C30H31NO8. The first kappa shape index (κ1) is 27.5. The SMILES string of the molecule is CC(C)(C)OC(=O)N[C@@H](c1ccc2c(c1)OCO2)C(C(=O)OCc1ccccc1)C(=O)OCc1ccccc1. The van der Waals surface area contributed by atoms with Crippen molar-refractivity contribution in [1.29, 1.82) is 0 Å². The highest BCUT2D eigenvalue weighted by Crippen LogP contribution is 2.36. The molecule has 1 heterocycles. The zero-order valence-electron chi connectivity index (χ0n) is 22.0. The summed E-state index contributed by atoms with van der Waals surface area (Å²) in [6, 6.07) is 21.8. The van der Waals surface area contributed by atoms with Crippen molar-refractivity contribution in [2.45, 2.75) is 45.6 Å². The average Bonchev–Trinajstić information content (AvgIpc) is 3.38. The Morgan fingerprint density at radius 2 is 1.33 bits per heavy atom. The zero-order chi connectivity index (χ0) is 27.8. The van der Waals surface area contributed by atoms with Crippen LogP contribution >= 0.6 is 0 Å². The lowest BCUT2D eigenvalue weighted by Gasteiger charge is -2.28. The number of carbonyl (C=O) groups is 3. The number of rotatable bonds is 9. The molecule has 0 radical (unpaired) electrons. The molecule has 3 aromatic rings. The first-order valence-corrected chi connectivity index (χ1v) is 12.5. The molecule has 0 saturated carbocycles. The van der Waals surface area contributed by atoms with Gasteiger partial charge in [-0.15, -0.1) is 0 Å². The first-order valence-electron chi connectivity index (χ1n) is 12.5. The summed E-state index contributed by atoms with van der Waals surface area (Å²) >= 11 is 0. The van der Waals surface area contributed by atoms with Gasteiger partial charge >= 0.3 is 18.0 Å². The minimum absolute atomic E-state index is 0.0324. The summed E-state index contributed by atoms with van der Waals surface area (Å²) in [5.74, 6) is -2.36. The highest BCUT2D eigenvalue weighted by Gasteiger charge is 2.41. The second kappa shape index (κ2) is 12.3. The number of carbonyl (C=O) groups excluding carboxylic acids is 3. The van der Waals surface area contributed by atoms with Gasteiger partial charge in [0.2, 0.25) is 6.79 Å². The van der Waals surface area contributed by atoms with Crippen molar-refractivity contribution in [3.05, 3.63) is 95.6 Å². The van der Waals surface area contributed by atoms with E-state index in [2.05, 4.69) is 5.32 Å². The van der Waals surface area contributed by atoms with Crippen LogP contribution in [0.2, 0.25) is 0 Å². The van der Waals surface area contributed by atoms with Gasteiger partial charge in [-0.05, 0) is 49.6 Å². The number of fused-ring (bicyclic) bond motifs is 1. The second-order valence-electron chi connectivity index (χ2n) is 9.90. The van der Waals surface area contributed by atoms with Crippen LogP contribution in [-0.2, 0) is 37.0 Å². The van der Waals surface area contributed by atoms with Crippen LogP contribution in [0.1, 0.15) is 43.5 Å².